The number of benzene rings is 1. The summed E-state index contributed by atoms with van der Waals surface area (Å²) in [5.41, 5.74) is 2.32. The molecule has 0 unspecified atom stereocenters. The van der Waals surface area contributed by atoms with Crippen molar-refractivity contribution in [2.24, 2.45) is 4.99 Å². The van der Waals surface area contributed by atoms with Gasteiger partial charge in [0, 0.05) is 37.8 Å². The van der Waals surface area contributed by atoms with Crippen molar-refractivity contribution in [3.8, 4) is 5.69 Å². The lowest BCUT2D eigenvalue weighted by atomic mass is 10.1. The lowest BCUT2D eigenvalue weighted by molar-refractivity contribution is 0.372. The highest BCUT2D eigenvalue weighted by Crippen LogP contribution is 2.10. The van der Waals surface area contributed by atoms with E-state index < -0.39 is 0 Å². The first-order valence-corrected chi connectivity index (χ1v) is 10.1. The summed E-state index contributed by atoms with van der Waals surface area (Å²) < 4.78 is 7.12. The lowest BCUT2D eigenvalue weighted by Gasteiger charge is -2.11. The first-order valence-electron chi connectivity index (χ1n) is 10.1. The molecule has 1 aromatic carbocycles. The molecule has 162 valence electrons. The van der Waals surface area contributed by atoms with Crippen LogP contribution in [0.1, 0.15) is 44.0 Å². The first-order chi connectivity index (χ1) is 14.2. The van der Waals surface area contributed by atoms with Crippen LogP contribution in [0.15, 0.2) is 52.2 Å². The summed E-state index contributed by atoms with van der Waals surface area (Å²) in [4.78, 5) is 8.98. The second-order valence-electron chi connectivity index (χ2n) is 7.01. The van der Waals surface area contributed by atoms with Crippen LogP contribution in [0.3, 0.4) is 0 Å². The fourth-order valence-electron chi connectivity index (χ4n) is 2.77. The minimum absolute atomic E-state index is 0. The van der Waals surface area contributed by atoms with Gasteiger partial charge in [0.25, 0.3) is 0 Å². The summed E-state index contributed by atoms with van der Waals surface area (Å²) in [5.74, 6) is 2.44. The number of hydrogen-bond donors (Lipinski definition) is 2. The molecule has 3 rings (SSSR count). The number of aromatic nitrogens is 4. The molecule has 0 aliphatic carbocycles. The topological polar surface area (TPSA) is 93.2 Å². The molecular formula is C21H30IN7O. The molecule has 0 radical (unpaired) electrons. The number of guanidine groups is 1. The zero-order chi connectivity index (χ0) is 20.5. The molecule has 2 heterocycles. The first kappa shape index (κ1) is 23.8. The van der Waals surface area contributed by atoms with E-state index in [-0.39, 0.29) is 29.9 Å². The molecule has 0 saturated heterocycles. The molecule has 0 spiro atoms. The van der Waals surface area contributed by atoms with Crippen molar-refractivity contribution in [1.82, 2.24) is 30.6 Å². The Morgan fingerprint density at radius 3 is 2.60 bits per heavy atom. The van der Waals surface area contributed by atoms with Crippen LogP contribution in [0.2, 0.25) is 0 Å². The summed E-state index contributed by atoms with van der Waals surface area (Å²) >= 11 is 0. The van der Waals surface area contributed by atoms with E-state index in [1.807, 2.05) is 30.8 Å². The van der Waals surface area contributed by atoms with E-state index in [1.165, 1.54) is 5.56 Å². The molecule has 0 fully saturated rings. The molecule has 3 aromatic rings. The monoisotopic (exact) mass is 523 g/mol. The fourth-order valence-corrected chi connectivity index (χ4v) is 2.77. The Kier molecular flexibility index (Phi) is 9.78. The Bertz CT molecular complexity index is 888. The van der Waals surface area contributed by atoms with Crippen LogP contribution in [0.25, 0.3) is 5.69 Å². The molecule has 9 heteroatoms. The van der Waals surface area contributed by atoms with Crippen LogP contribution in [-0.4, -0.2) is 45.5 Å². The van der Waals surface area contributed by atoms with E-state index in [4.69, 9.17) is 4.52 Å². The molecular weight excluding hydrogens is 493 g/mol. The summed E-state index contributed by atoms with van der Waals surface area (Å²) in [6, 6.07) is 10.3. The molecule has 8 nitrogen and oxygen atoms in total. The van der Waals surface area contributed by atoms with Crippen molar-refractivity contribution < 1.29 is 4.52 Å². The van der Waals surface area contributed by atoms with Gasteiger partial charge in [0.2, 0.25) is 5.89 Å². The summed E-state index contributed by atoms with van der Waals surface area (Å²) in [6.07, 6.45) is 5.26. The van der Waals surface area contributed by atoms with Crippen LogP contribution in [0.4, 0.5) is 0 Å². The van der Waals surface area contributed by atoms with E-state index in [1.54, 1.807) is 6.20 Å². The lowest BCUT2D eigenvalue weighted by Crippen LogP contribution is -2.38. The number of rotatable bonds is 9. The van der Waals surface area contributed by atoms with Crippen LogP contribution >= 0.6 is 24.0 Å². The maximum Gasteiger partial charge on any atom is 0.228 e. The Balaban J connectivity index is 0.00000320. The third kappa shape index (κ3) is 7.12. The van der Waals surface area contributed by atoms with Gasteiger partial charge < -0.3 is 15.2 Å². The molecule has 2 N–H and O–H groups in total. The normalized spacial score (nSPS) is 11.4. The van der Waals surface area contributed by atoms with Gasteiger partial charge in [-0.15, -0.1) is 24.0 Å². The average Bonchev–Trinajstić information content (AvgIpc) is 3.41. The Morgan fingerprint density at radius 2 is 1.97 bits per heavy atom. The fraction of sp³-hybridized carbons (Fsp3) is 0.429. The maximum absolute atomic E-state index is 5.27. The van der Waals surface area contributed by atoms with Crippen molar-refractivity contribution >= 4 is 29.9 Å². The maximum atomic E-state index is 5.27. The zero-order valence-electron chi connectivity index (χ0n) is 17.7. The van der Waals surface area contributed by atoms with E-state index in [0.717, 1.165) is 37.0 Å². The Morgan fingerprint density at radius 1 is 1.17 bits per heavy atom. The number of aliphatic imine (C=N–C) groups is 1. The van der Waals surface area contributed by atoms with Gasteiger partial charge >= 0.3 is 0 Å². The van der Waals surface area contributed by atoms with Crippen LogP contribution < -0.4 is 10.6 Å². The van der Waals surface area contributed by atoms with Crippen molar-refractivity contribution in [2.45, 2.75) is 39.5 Å². The van der Waals surface area contributed by atoms with Gasteiger partial charge in [0.1, 0.15) is 0 Å². The Hall–Kier alpha value is -2.43. The van der Waals surface area contributed by atoms with Crippen LogP contribution in [0.5, 0.6) is 0 Å². The second-order valence-corrected chi connectivity index (χ2v) is 7.01. The van der Waals surface area contributed by atoms with Crippen LogP contribution in [-0.2, 0) is 12.8 Å². The van der Waals surface area contributed by atoms with Gasteiger partial charge in [0.05, 0.1) is 12.2 Å². The standard InChI is InChI=1S/C21H29N7O.HI/c1-4-22-21(24-14-11-19-26-20(16(2)3)27-29-19)23-13-10-17-6-8-18(9-7-17)28-15-5-12-25-28;/h5-9,12,15-16H,4,10-11,13-14H2,1-3H3,(H2,22,23,24);1H. The smallest absolute Gasteiger partial charge is 0.228 e. The van der Waals surface area contributed by atoms with E-state index >= 15 is 0 Å². The van der Waals surface area contributed by atoms with E-state index in [0.29, 0.717) is 18.9 Å². The van der Waals surface area contributed by atoms with E-state index in [2.05, 4.69) is 62.1 Å². The SMILES string of the molecule is CCNC(=NCCc1nc(C(C)C)no1)NCCc1ccc(-n2cccn2)cc1.I. The molecule has 0 atom stereocenters. The van der Waals surface area contributed by atoms with E-state index in [9.17, 15) is 0 Å². The minimum Gasteiger partial charge on any atom is -0.357 e. The predicted octanol–water partition coefficient (Wildman–Crippen LogP) is 3.34. The number of hydrogen-bond acceptors (Lipinski definition) is 5. The molecule has 0 aliphatic heterocycles. The minimum atomic E-state index is 0. The van der Waals surface area contributed by atoms with Gasteiger partial charge in [0.15, 0.2) is 11.8 Å². The zero-order valence-corrected chi connectivity index (χ0v) is 20.0. The highest BCUT2D eigenvalue weighted by molar-refractivity contribution is 14.0. The molecule has 0 bridgehead atoms. The van der Waals surface area contributed by atoms with Gasteiger partial charge in [-0.05, 0) is 37.1 Å². The van der Waals surface area contributed by atoms with Gasteiger partial charge in [-0.1, -0.05) is 31.1 Å². The molecule has 0 saturated carbocycles. The van der Waals surface area contributed by atoms with Gasteiger partial charge in [-0.2, -0.15) is 10.1 Å². The quantitative estimate of drug-likeness (QED) is 0.254. The largest absolute Gasteiger partial charge is 0.357 e. The molecule has 30 heavy (non-hydrogen) atoms. The van der Waals surface area contributed by atoms with Crippen molar-refractivity contribution in [2.75, 3.05) is 19.6 Å². The third-order valence-corrected chi connectivity index (χ3v) is 4.35. The average molecular weight is 523 g/mol. The summed E-state index contributed by atoms with van der Waals surface area (Å²) in [5, 5.41) is 14.9. The molecule has 0 aliphatic rings. The highest BCUT2D eigenvalue weighted by atomic mass is 127. The molecule has 0 amide bonds. The van der Waals surface area contributed by atoms with Gasteiger partial charge in [-0.3, -0.25) is 4.99 Å². The summed E-state index contributed by atoms with van der Waals surface area (Å²) in [6.45, 7) is 8.34. The van der Waals surface area contributed by atoms with Crippen molar-refractivity contribution in [3.63, 3.8) is 0 Å². The molecule has 2 aromatic heterocycles. The van der Waals surface area contributed by atoms with Crippen molar-refractivity contribution in [3.05, 3.63) is 60.0 Å². The second kappa shape index (κ2) is 12.3. The third-order valence-electron chi connectivity index (χ3n) is 4.35. The predicted molar refractivity (Wildman–Crippen MR) is 129 cm³/mol. The summed E-state index contributed by atoms with van der Waals surface area (Å²) in [7, 11) is 0. The highest BCUT2D eigenvalue weighted by Gasteiger charge is 2.09. The number of nitrogens with one attached hydrogen (secondary N) is 2. The number of nitrogens with zero attached hydrogens (tertiary/aromatic N) is 5. The van der Waals surface area contributed by atoms with Crippen molar-refractivity contribution in [1.29, 1.82) is 0 Å². The number of halogens is 1. The Labute approximate surface area is 194 Å². The van der Waals surface area contributed by atoms with Crippen LogP contribution in [0, 0.1) is 0 Å². The van der Waals surface area contributed by atoms with Gasteiger partial charge in [-0.25, -0.2) is 4.68 Å².